The molecule has 1 saturated heterocycles. The number of hydrogen-bond donors (Lipinski definition) is 1. The van der Waals surface area contributed by atoms with E-state index in [2.05, 4.69) is 11.1 Å². The first-order valence-corrected chi connectivity index (χ1v) is 4.34. The minimum atomic E-state index is 0.215. The Kier molecular flexibility index (Phi) is 3.85. The van der Waals surface area contributed by atoms with E-state index in [4.69, 9.17) is 10.4 Å². The van der Waals surface area contributed by atoms with Crippen LogP contribution >= 0.6 is 0 Å². The van der Waals surface area contributed by atoms with Crippen LogP contribution in [0.2, 0.25) is 0 Å². The lowest BCUT2D eigenvalue weighted by Crippen LogP contribution is -2.30. The molecule has 1 rings (SSSR count). The molecule has 1 aliphatic rings. The molecule has 1 heterocycles. The molecule has 0 aromatic rings. The molecule has 0 radical (unpaired) electrons. The predicted octanol–water partition coefficient (Wildman–Crippen LogP) is -0.533. The molecule has 0 aliphatic carbocycles. The second-order valence-electron chi connectivity index (χ2n) is 3.01. The molecule has 1 fully saturated rings. The summed E-state index contributed by atoms with van der Waals surface area (Å²) in [5, 5.41) is 17.4. The van der Waals surface area contributed by atoms with Crippen molar-refractivity contribution in [2.24, 2.45) is 0 Å². The van der Waals surface area contributed by atoms with E-state index in [0.29, 0.717) is 0 Å². The van der Waals surface area contributed by atoms with Crippen LogP contribution in [0, 0.1) is 11.5 Å². The van der Waals surface area contributed by atoms with E-state index in [1.54, 1.807) is 4.90 Å². The van der Waals surface area contributed by atoms with Crippen LogP contribution in [0.25, 0.3) is 0 Å². The van der Waals surface area contributed by atoms with E-state index in [9.17, 15) is 0 Å². The molecule has 1 N–H and O–H groups in total. The van der Waals surface area contributed by atoms with Crippen molar-refractivity contribution in [3.8, 4) is 6.19 Å². The fourth-order valence-electron chi connectivity index (χ4n) is 1.44. The summed E-state index contributed by atoms with van der Waals surface area (Å²) < 4.78 is 0. The highest BCUT2D eigenvalue weighted by molar-refractivity contribution is 4.78. The Hall–Kier alpha value is -0.790. The number of hydrogen-bond acceptors (Lipinski definition) is 4. The Labute approximate surface area is 73.0 Å². The van der Waals surface area contributed by atoms with Gasteiger partial charge in [-0.25, -0.2) is 0 Å². The Bertz CT molecular complexity index is 166. The summed E-state index contributed by atoms with van der Waals surface area (Å²) in [6.07, 6.45) is 3.17. The fraction of sp³-hybridized carbons (Fsp3) is 0.875. The minimum Gasteiger partial charge on any atom is -0.395 e. The number of β-amino-alcohol motifs (C(OH)–C–C–N with tert-alkyl or cyclic N) is 1. The number of nitrogens with zero attached hydrogens (tertiary/aromatic N) is 3. The summed E-state index contributed by atoms with van der Waals surface area (Å²) in [6.45, 7) is 4.51. The van der Waals surface area contributed by atoms with Crippen LogP contribution in [-0.4, -0.2) is 54.2 Å². The largest absolute Gasteiger partial charge is 0.395 e. The highest BCUT2D eigenvalue weighted by atomic mass is 16.3. The van der Waals surface area contributed by atoms with Gasteiger partial charge in [0.05, 0.1) is 6.61 Å². The van der Waals surface area contributed by atoms with Crippen LogP contribution in [0.5, 0.6) is 0 Å². The van der Waals surface area contributed by atoms with Gasteiger partial charge in [0, 0.05) is 32.7 Å². The summed E-state index contributed by atoms with van der Waals surface area (Å²) in [7, 11) is 0. The van der Waals surface area contributed by atoms with Gasteiger partial charge in [-0.3, -0.25) is 4.90 Å². The summed E-state index contributed by atoms with van der Waals surface area (Å²) in [5.74, 6) is 0. The summed E-state index contributed by atoms with van der Waals surface area (Å²) in [5.41, 5.74) is 0. The lowest BCUT2D eigenvalue weighted by Gasteiger charge is -2.17. The molecule has 0 unspecified atom stereocenters. The maximum Gasteiger partial charge on any atom is 0.179 e. The van der Waals surface area contributed by atoms with Crippen molar-refractivity contribution >= 4 is 0 Å². The average Bonchev–Trinajstić information content (AvgIpc) is 2.31. The zero-order valence-corrected chi connectivity index (χ0v) is 7.24. The molecule has 0 saturated carbocycles. The Morgan fingerprint density at radius 1 is 1.25 bits per heavy atom. The molecular formula is C8H15N3O. The van der Waals surface area contributed by atoms with Gasteiger partial charge in [0.15, 0.2) is 6.19 Å². The second-order valence-corrected chi connectivity index (χ2v) is 3.01. The van der Waals surface area contributed by atoms with Gasteiger partial charge in [0.2, 0.25) is 0 Å². The van der Waals surface area contributed by atoms with E-state index >= 15 is 0 Å². The van der Waals surface area contributed by atoms with E-state index < -0.39 is 0 Å². The average molecular weight is 169 g/mol. The Morgan fingerprint density at radius 3 is 2.75 bits per heavy atom. The SMILES string of the molecule is N#CN1CCCN(CCO)CC1. The standard InChI is InChI=1S/C8H15N3O/c9-8-11-3-1-2-10(4-5-11)6-7-12/h12H,1-7H2. The molecule has 12 heavy (non-hydrogen) atoms. The van der Waals surface area contributed by atoms with Crippen LogP contribution in [0.4, 0.5) is 0 Å². The molecule has 0 amide bonds. The maximum atomic E-state index is 8.71. The van der Waals surface area contributed by atoms with Gasteiger partial charge in [-0.05, 0) is 6.42 Å². The zero-order chi connectivity index (χ0) is 8.81. The monoisotopic (exact) mass is 169 g/mol. The molecule has 4 heteroatoms. The molecule has 0 spiro atoms. The molecule has 0 bridgehead atoms. The number of aliphatic hydroxyl groups is 1. The van der Waals surface area contributed by atoms with Crippen LogP contribution in [0.3, 0.4) is 0 Å². The minimum absolute atomic E-state index is 0.215. The van der Waals surface area contributed by atoms with E-state index in [0.717, 1.165) is 39.1 Å². The summed E-state index contributed by atoms with van der Waals surface area (Å²) >= 11 is 0. The summed E-state index contributed by atoms with van der Waals surface area (Å²) in [4.78, 5) is 3.97. The number of aliphatic hydroxyl groups excluding tert-OH is 1. The summed E-state index contributed by atoms with van der Waals surface area (Å²) in [6, 6.07) is 0. The van der Waals surface area contributed by atoms with E-state index in [1.165, 1.54) is 0 Å². The van der Waals surface area contributed by atoms with E-state index in [-0.39, 0.29) is 6.61 Å². The van der Waals surface area contributed by atoms with Gasteiger partial charge < -0.3 is 10.0 Å². The van der Waals surface area contributed by atoms with Crippen LogP contribution in [-0.2, 0) is 0 Å². The number of rotatable bonds is 2. The molecule has 0 aromatic carbocycles. The van der Waals surface area contributed by atoms with Crippen LogP contribution < -0.4 is 0 Å². The smallest absolute Gasteiger partial charge is 0.179 e. The third-order valence-electron chi connectivity index (χ3n) is 2.15. The lowest BCUT2D eigenvalue weighted by molar-refractivity contribution is 0.201. The van der Waals surface area contributed by atoms with Crippen molar-refractivity contribution in [1.29, 1.82) is 5.26 Å². The zero-order valence-electron chi connectivity index (χ0n) is 7.24. The number of nitriles is 1. The normalized spacial score (nSPS) is 20.2. The first-order valence-electron chi connectivity index (χ1n) is 4.34. The molecule has 1 aliphatic heterocycles. The topological polar surface area (TPSA) is 50.5 Å². The van der Waals surface area contributed by atoms with E-state index in [1.807, 2.05) is 0 Å². The van der Waals surface area contributed by atoms with Crippen molar-refractivity contribution < 1.29 is 5.11 Å². The molecule has 0 atom stereocenters. The van der Waals surface area contributed by atoms with Crippen molar-refractivity contribution in [2.75, 3.05) is 39.3 Å². The van der Waals surface area contributed by atoms with Gasteiger partial charge in [-0.15, -0.1) is 0 Å². The van der Waals surface area contributed by atoms with Gasteiger partial charge in [-0.2, -0.15) is 5.26 Å². The highest BCUT2D eigenvalue weighted by Gasteiger charge is 2.12. The molecular weight excluding hydrogens is 154 g/mol. The van der Waals surface area contributed by atoms with Gasteiger partial charge in [0.1, 0.15) is 0 Å². The highest BCUT2D eigenvalue weighted by Crippen LogP contribution is 2.00. The van der Waals surface area contributed by atoms with Crippen LogP contribution in [0.1, 0.15) is 6.42 Å². The van der Waals surface area contributed by atoms with Crippen molar-refractivity contribution in [3.63, 3.8) is 0 Å². The predicted molar refractivity (Wildman–Crippen MR) is 45.3 cm³/mol. The second kappa shape index (κ2) is 4.96. The van der Waals surface area contributed by atoms with Crippen molar-refractivity contribution in [2.45, 2.75) is 6.42 Å². The van der Waals surface area contributed by atoms with Crippen LogP contribution in [0.15, 0.2) is 0 Å². The van der Waals surface area contributed by atoms with Gasteiger partial charge >= 0.3 is 0 Å². The molecule has 4 nitrogen and oxygen atoms in total. The third-order valence-corrected chi connectivity index (χ3v) is 2.15. The van der Waals surface area contributed by atoms with Gasteiger partial charge in [-0.1, -0.05) is 0 Å². The first-order chi connectivity index (χ1) is 5.86. The van der Waals surface area contributed by atoms with Crippen molar-refractivity contribution in [1.82, 2.24) is 9.80 Å². The van der Waals surface area contributed by atoms with Crippen molar-refractivity contribution in [3.05, 3.63) is 0 Å². The molecule has 0 aromatic heterocycles. The fourth-order valence-corrected chi connectivity index (χ4v) is 1.44. The Morgan fingerprint density at radius 2 is 2.08 bits per heavy atom. The first kappa shape index (κ1) is 9.30. The third kappa shape index (κ3) is 2.68. The quantitative estimate of drug-likeness (QED) is 0.564. The molecule has 68 valence electrons. The Balaban J connectivity index is 2.30. The van der Waals surface area contributed by atoms with Gasteiger partial charge in [0.25, 0.3) is 0 Å². The maximum absolute atomic E-state index is 8.71. The lowest BCUT2D eigenvalue weighted by atomic mass is 10.4.